The van der Waals surface area contributed by atoms with Gasteiger partial charge in [0, 0.05) is 44.2 Å². The molecule has 4 aromatic rings. The quantitative estimate of drug-likeness (QED) is 0.0407. The molecule has 18 nitrogen and oxygen atoms in total. The number of piperidine rings is 1. The largest absolute Gasteiger partial charge is 0.483 e. The highest BCUT2D eigenvalue weighted by Gasteiger charge is 2.46. The van der Waals surface area contributed by atoms with Gasteiger partial charge in [0.25, 0.3) is 17.7 Å². The zero-order valence-corrected chi connectivity index (χ0v) is 36.1. The van der Waals surface area contributed by atoms with Gasteiger partial charge in [-0.2, -0.15) is 9.61 Å². The van der Waals surface area contributed by atoms with Crippen LogP contribution in [0.4, 0.5) is 11.6 Å². The van der Waals surface area contributed by atoms with Crippen LogP contribution in [0.1, 0.15) is 90.1 Å². The Hall–Kier alpha value is -5.95. The molecule has 0 spiro atoms. The Bertz CT molecular complexity index is 2160. The molecule has 2 aromatic heterocycles. The van der Waals surface area contributed by atoms with E-state index in [4.69, 9.17) is 23.9 Å². The number of anilines is 2. The van der Waals surface area contributed by atoms with Crippen LogP contribution in [0.15, 0.2) is 60.8 Å². The van der Waals surface area contributed by atoms with Crippen LogP contribution >= 0.6 is 0 Å². The lowest BCUT2D eigenvalue weighted by Gasteiger charge is -2.27. The summed E-state index contributed by atoms with van der Waals surface area (Å²) in [6, 6.07) is 15.7. The lowest BCUT2D eigenvalue weighted by atomic mass is 10.0. The number of carbonyl (C=O) groups is 5. The van der Waals surface area contributed by atoms with Crippen LogP contribution in [0.5, 0.6) is 5.75 Å². The molecule has 0 aliphatic carbocycles. The fraction of sp³-hybridized carbons (Fsp3) is 0.489. The van der Waals surface area contributed by atoms with Crippen LogP contribution < -0.4 is 31.3 Å². The number of rotatable bonds is 28. The Morgan fingerprint density at radius 3 is 2.30 bits per heavy atom. The Labute approximate surface area is 367 Å². The van der Waals surface area contributed by atoms with Gasteiger partial charge in [-0.15, -0.1) is 0 Å². The second-order valence-corrected chi connectivity index (χ2v) is 15.5. The van der Waals surface area contributed by atoms with Crippen LogP contribution in [-0.4, -0.2) is 128 Å². The van der Waals surface area contributed by atoms with Gasteiger partial charge in [0.05, 0.1) is 57.0 Å². The molecule has 63 heavy (non-hydrogen) atoms. The fourth-order valence-corrected chi connectivity index (χ4v) is 7.21. The maximum Gasteiger partial charge on any atom is 0.266 e. The molecule has 2 aromatic carbocycles. The SMILES string of the molecule is CC(C)c1cnn2c(NCc3ccccc3)cc(NCCCCCCNCCOCCOCCOCCNC(=O)COc3cccc4c3C(=O)N(C3CCC(=O)NC3=O)C4=O)nc12. The molecule has 1 saturated heterocycles. The summed E-state index contributed by atoms with van der Waals surface area (Å²) in [5.41, 5.74) is 3.26. The van der Waals surface area contributed by atoms with Crippen molar-refractivity contribution in [1.29, 1.82) is 0 Å². The predicted molar refractivity (Wildman–Crippen MR) is 235 cm³/mol. The number of nitrogens with zero attached hydrogens (tertiary/aromatic N) is 4. The van der Waals surface area contributed by atoms with Crippen molar-refractivity contribution >= 4 is 46.8 Å². The second-order valence-electron chi connectivity index (χ2n) is 15.5. The monoisotopic (exact) mass is 869 g/mol. The average Bonchev–Trinajstić information content (AvgIpc) is 3.83. The van der Waals surface area contributed by atoms with E-state index in [0.29, 0.717) is 45.5 Å². The van der Waals surface area contributed by atoms with Gasteiger partial charge < -0.3 is 40.2 Å². The van der Waals surface area contributed by atoms with Gasteiger partial charge in [0.15, 0.2) is 12.3 Å². The lowest BCUT2D eigenvalue weighted by molar-refractivity contribution is -0.136. The van der Waals surface area contributed by atoms with Crippen LogP contribution in [-0.2, 0) is 35.1 Å². The molecule has 0 bridgehead atoms. The molecule has 1 fully saturated rings. The maximum absolute atomic E-state index is 13.2. The molecule has 1 atom stereocenters. The number of fused-ring (bicyclic) bond motifs is 2. The molecular formula is C45H59N9O9. The minimum absolute atomic E-state index is 0.0158. The first-order chi connectivity index (χ1) is 30.7. The van der Waals surface area contributed by atoms with E-state index in [2.05, 4.69) is 57.7 Å². The summed E-state index contributed by atoms with van der Waals surface area (Å²) in [5, 5.41) is 20.0. The number of unbranched alkanes of at least 4 members (excludes halogenated alkanes) is 3. The molecule has 0 saturated carbocycles. The summed E-state index contributed by atoms with van der Waals surface area (Å²) in [6.45, 7) is 9.96. The van der Waals surface area contributed by atoms with Crippen LogP contribution in [0.2, 0.25) is 0 Å². The number of amides is 5. The number of ether oxygens (including phenoxy) is 4. The molecule has 5 amide bonds. The van der Waals surface area contributed by atoms with Gasteiger partial charge >= 0.3 is 0 Å². The van der Waals surface area contributed by atoms with Crippen molar-refractivity contribution < 1.29 is 42.9 Å². The summed E-state index contributed by atoms with van der Waals surface area (Å²) in [6.07, 6.45) is 6.39. The maximum atomic E-state index is 13.2. The Kier molecular flexibility index (Phi) is 17.8. The molecule has 5 N–H and O–H groups in total. The smallest absolute Gasteiger partial charge is 0.266 e. The molecule has 0 radical (unpaired) electrons. The fourth-order valence-electron chi connectivity index (χ4n) is 7.21. The van der Waals surface area contributed by atoms with E-state index in [1.807, 2.05) is 35.0 Å². The summed E-state index contributed by atoms with van der Waals surface area (Å²) in [5.74, 6) is -0.821. The first-order valence-electron chi connectivity index (χ1n) is 21.8. The first-order valence-corrected chi connectivity index (χ1v) is 21.8. The van der Waals surface area contributed by atoms with Crippen molar-refractivity contribution in [3.63, 3.8) is 0 Å². The van der Waals surface area contributed by atoms with Crippen LogP contribution in [0.25, 0.3) is 5.65 Å². The molecule has 2 aliphatic rings. The Morgan fingerprint density at radius 1 is 0.825 bits per heavy atom. The summed E-state index contributed by atoms with van der Waals surface area (Å²) < 4.78 is 24.2. The van der Waals surface area contributed by atoms with Crippen molar-refractivity contribution in [2.75, 3.05) is 83.1 Å². The Balaban J connectivity index is 0.728. The second kappa shape index (κ2) is 24.0. The van der Waals surface area contributed by atoms with Gasteiger partial charge in [-0.3, -0.25) is 34.2 Å². The Morgan fingerprint density at radius 2 is 1.56 bits per heavy atom. The van der Waals surface area contributed by atoms with E-state index in [1.54, 1.807) is 0 Å². The highest BCUT2D eigenvalue weighted by atomic mass is 16.5. The highest BCUT2D eigenvalue weighted by Crippen LogP contribution is 2.33. The van der Waals surface area contributed by atoms with Gasteiger partial charge in [-0.1, -0.05) is 63.1 Å². The molecule has 1 unspecified atom stereocenters. The van der Waals surface area contributed by atoms with E-state index in [-0.39, 0.29) is 42.9 Å². The van der Waals surface area contributed by atoms with Crippen molar-refractivity contribution in [3.8, 4) is 5.75 Å². The van der Waals surface area contributed by atoms with Crippen molar-refractivity contribution in [2.24, 2.45) is 0 Å². The number of carbonyl (C=O) groups excluding carboxylic acids is 5. The number of nitrogens with one attached hydrogen (secondary N) is 5. The van der Waals surface area contributed by atoms with Gasteiger partial charge in [-0.05, 0) is 49.4 Å². The number of hydrogen-bond acceptors (Lipinski definition) is 14. The van der Waals surface area contributed by atoms with E-state index in [0.717, 1.165) is 73.1 Å². The predicted octanol–water partition coefficient (Wildman–Crippen LogP) is 3.67. The number of imide groups is 2. The third kappa shape index (κ3) is 13.3. The van der Waals surface area contributed by atoms with Gasteiger partial charge in [0.1, 0.15) is 23.4 Å². The van der Waals surface area contributed by atoms with E-state index in [1.165, 1.54) is 23.8 Å². The third-order valence-electron chi connectivity index (χ3n) is 10.5. The number of benzene rings is 2. The van der Waals surface area contributed by atoms with Gasteiger partial charge in [0.2, 0.25) is 11.8 Å². The third-order valence-corrected chi connectivity index (χ3v) is 10.5. The molecule has 6 rings (SSSR count). The lowest BCUT2D eigenvalue weighted by Crippen LogP contribution is -2.54. The van der Waals surface area contributed by atoms with Gasteiger partial charge in [-0.25, -0.2) is 4.98 Å². The minimum atomic E-state index is -1.09. The average molecular weight is 870 g/mol. The molecule has 4 heterocycles. The standard InChI is InChI=1S/C45H59N9O9/c1-31(2)34-29-50-54-38(49-28-32-11-6-5-7-12-32)27-37(51-42(34)54)47-18-9-4-3-8-17-46-19-21-60-23-25-62-26-24-61-22-20-48-40(56)30-63-36-14-10-13-33-41(36)45(59)53(44(33)58)35-15-16-39(55)52-43(35)57/h5-7,10-14,27,29,31,35,46,49H,3-4,8-9,15-26,28,30H2,1-2H3,(H,47,51)(H,48,56)(H,52,55,57). The summed E-state index contributed by atoms with van der Waals surface area (Å²) in [4.78, 5) is 68.2. The molecule has 18 heteroatoms. The van der Waals surface area contributed by atoms with Crippen LogP contribution in [0.3, 0.4) is 0 Å². The van der Waals surface area contributed by atoms with E-state index in [9.17, 15) is 24.0 Å². The van der Waals surface area contributed by atoms with Crippen LogP contribution in [0, 0.1) is 0 Å². The summed E-state index contributed by atoms with van der Waals surface area (Å²) >= 11 is 0. The topological polar surface area (TPSA) is 216 Å². The van der Waals surface area contributed by atoms with Crippen molar-refractivity contribution in [1.82, 2.24) is 35.4 Å². The summed E-state index contributed by atoms with van der Waals surface area (Å²) in [7, 11) is 0. The molecular weight excluding hydrogens is 811 g/mol. The zero-order chi connectivity index (χ0) is 44.4. The molecule has 2 aliphatic heterocycles. The van der Waals surface area contributed by atoms with Crippen molar-refractivity contribution in [3.05, 3.63) is 83.0 Å². The number of aromatic nitrogens is 3. The van der Waals surface area contributed by atoms with E-state index >= 15 is 0 Å². The first kappa shape index (κ1) is 46.6. The number of hydrogen-bond donors (Lipinski definition) is 5. The molecule has 338 valence electrons. The normalized spacial score (nSPS) is 15.0. The minimum Gasteiger partial charge on any atom is -0.483 e. The van der Waals surface area contributed by atoms with Crippen molar-refractivity contribution in [2.45, 2.75) is 70.9 Å². The highest BCUT2D eigenvalue weighted by molar-refractivity contribution is 6.24. The zero-order valence-electron chi connectivity index (χ0n) is 36.1. The van der Waals surface area contributed by atoms with E-state index < -0.39 is 42.2 Å².